The van der Waals surface area contributed by atoms with Crippen molar-refractivity contribution in [1.29, 1.82) is 0 Å². The summed E-state index contributed by atoms with van der Waals surface area (Å²) in [5, 5.41) is 18.8. The lowest BCUT2D eigenvalue weighted by Crippen LogP contribution is -2.07. The molecule has 1 N–H and O–H groups in total. The Morgan fingerprint density at radius 1 is 1.15 bits per heavy atom. The molecular formula is C21H23N3O3. The van der Waals surface area contributed by atoms with E-state index in [1.807, 2.05) is 55.5 Å². The molecule has 140 valence electrons. The van der Waals surface area contributed by atoms with Gasteiger partial charge in [0.1, 0.15) is 5.75 Å². The third-order valence-corrected chi connectivity index (χ3v) is 4.40. The topological polar surface area (TPSA) is 76.2 Å². The lowest BCUT2D eigenvalue weighted by molar-refractivity contribution is -0.120. The molecule has 0 saturated heterocycles. The predicted molar refractivity (Wildman–Crippen MR) is 105 cm³/mol. The maximum absolute atomic E-state index is 12.0. The highest BCUT2D eigenvalue weighted by Gasteiger charge is 2.15. The first-order chi connectivity index (χ1) is 13.0. The molecular weight excluding hydrogens is 342 g/mol. The van der Waals surface area contributed by atoms with Gasteiger partial charge in [-0.05, 0) is 36.6 Å². The van der Waals surface area contributed by atoms with Crippen molar-refractivity contribution in [3.8, 4) is 11.6 Å². The van der Waals surface area contributed by atoms with Gasteiger partial charge in [-0.3, -0.25) is 4.79 Å². The Morgan fingerprint density at radius 3 is 2.52 bits per heavy atom. The first-order valence-corrected chi connectivity index (χ1v) is 8.98. The number of azo groups is 1. The van der Waals surface area contributed by atoms with Crippen molar-refractivity contribution in [2.24, 2.45) is 10.2 Å². The Balaban J connectivity index is 1.70. The van der Waals surface area contributed by atoms with Crippen LogP contribution in [0.2, 0.25) is 0 Å². The van der Waals surface area contributed by atoms with Crippen molar-refractivity contribution in [2.45, 2.75) is 33.2 Å². The molecule has 3 aromatic rings. The van der Waals surface area contributed by atoms with Gasteiger partial charge in [0, 0.05) is 11.9 Å². The van der Waals surface area contributed by atoms with E-state index >= 15 is 0 Å². The maximum Gasteiger partial charge on any atom is 0.302 e. The average molecular weight is 365 g/mol. The summed E-state index contributed by atoms with van der Waals surface area (Å²) in [5.74, 6) is 0.525. The highest BCUT2D eigenvalue weighted by Crippen LogP contribution is 2.38. The van der Waals surface area contributed by atoms with Gasteiger partial charge >= 0.3 is 5.91 Å². The Bertz CT molecular complexity index is 972. The second-order valence-electron chi connectivity index (χ2n) is 6.54. The third-order valence-electron chi connectivity index (χ3n) is 4.40. The van der Waals surface area contributed by atoms with Crippen molar-refractivity contribution in [1.82, 2.24) is 4.57 Å². The van der Waals surface area contributed by atoms with Gasteiger partial charge in [-0.25, -0.2) is 0 Å². The van der Waals surface area contributed by atoms with Gasteiger partial charge < -0.3 is 14.4 Å². The summed E-state index contributed by atoms with van der Waals surface area (Å²) in [7, 11) is 0. The Hall–Kier alpha value is -3.15. The van der Waals surface area contributed by atoms with Crippen molar-refractivity contribution >= 4 is 22.5 Å². The molecule has 0 unspecified atom stereocenters. The summed E-state index contributed by atoms with van der Waals surface area (Å²) < 4.78 is 7.19. The molecule has 2 aromatic carbocycles. The van der Waals surface area contributed by atoms with Crippen LogP contribution in [0.4, 0.5) is 5.69 Å². The summed E-state index contributed by atoms with van der Waals surface area (Å²) >= 11 is 0. The van der Waals surface area contributed by atoms with Crippen LogP contribution in [0.5, 0.6) is 11.6 Å². The molecule has 27 heavy (non-hydrogen) atoms. The standard InChI is InChI=1S/C21H23N3O3/c1-4-24-18-8-6-5-7-17(18)20(21(24)26)23-22-19(25)13-27-16-11-9-15(10-12-16)14(2)3/h5-12,14,26H,4,13H2,1-3H3. The molecule has 0 fully saturated rings. The van der Waals surface area contributed by atoms with Gasteiger partial charge in [0.25, 0.3) is 0 Å². The first kappa shape index (κ1) is 18.6. The highest BCUT2D eigenvalue weighted by atomic mass is 16.5. The number of fused-ring (bicyclic) bond motifs is 1. The quantitative estimate of drug-likeness (QED) is 0.612. The minimum atomic E-state index is -0.518. The van der Waals surface area contributed by atoms with Crippen LogP contribution in [0.3, 0.4) is 0 Å². The summed E-state index contributed by atoms with van der Waals surface area (Å²) in [6.45, 7) is 6.54. The monoisotopic (exact) mass is 365 g/mol. The van der Waals surface area contributed by atoms with Crippen LogP contribution in [0.25, 0.3) is 10.9 Å². The average Bonchev–Trinajstić information content (AvgIpc) is 2.95. The highest BCUT2D eigenvalue weighted by molar-refractivity contribution is 5.95. The van der Waals surface area contributed by atoms with Crippen molar-refractivity contribution in [3.63, 3.8) is 0 Å². The van der Waals surface area contributed by atoms with Gasteiger partial charge in [0.05, 0.1) is 5.52 Å². The minimum absolute atomic E-state index is 0.000410. The van der Waals surface area contributed by atoms with Crippen LogP contribution in [0, 0.1) is 0 Å². The van der Waals surface area contributed by atoms with E-state index in [0.29, 0.717) is 23.9 Å². The molecule has 0 radical (unpaired) electrons. The summed E-state index contributed by atoms with van der Waals surface area (Å²) in [6.07, 6.45) is 0. The number of nitrogens with zero attached hydrogens (tertiary/aromatic N) is 3. The summed E-state index contributed by atoms with van der Waals surface area (Å²) in [5.41, 5.74) is 2.35. The number of amides is 1. The van der Waals surface area contributed by atoms with Gasteiger partial charge in [0.2, 0.25) is 5.88 Å². The summed E-state index contributed by atoms with van der Waals surface area (Å²) in [4.78, 5) is 12.0. The number of ether oxygens (including phenoxy) is 1. The van der Waals surface area contributed by atoms with Crippen molar-refractivity contribution in [3.05, 3.63) is 54.1 Å². The lowest BCUT2D eigenvalue weighted by Gasteiger charge is -2.07. The van der Waals surface area contributed by atoms with Crippen LogP contribution in [0.15, 0.2) is 58.8 Å². The SMILES string of the molecule is CCn1c(O)c(N=NC(=O)COc2ccc(C(C)C)cc2)c2ccccc21. The lowest BCUT2D eigenvalue weighted by atomic mass is 10.0. The fraction of sp³-hybridized carbons (Fsp3) is 0.286. The molecule has 1 amide bonds. The zero-order chi connectivity index (χ0) is 19.4. The summed E-state index contributed by atoms with van der Waals surface area (Å²) in [6, 6.07) is 15.1. The Kier molecular flexibility index (Phi) is 5.54. The molecule has 0 bridgehead atoms. The molecule has 1 heterocycles. The van der Waals surface area contributed by atoms with E-state index in [0.717, 1.165) is 10.9 Å². The first-order valence-electron chi connectivity index (χ1n) is 8.98. The van der Waals surface area contributed by atoms with Crippen LogP contribution < -0.4 is 4.74 Å². The fourth-order valence-electron chi connectivity index (χ4n) is 2.92. The van der Waals surface area contributed by atoms with E-state index < -0.39 is 5.91 Å². The van der Waals surface area contributed by atoms with E-state index in [-0.39, 0.29) is 12.5 Å². The predicted octanol–water partition coefficient (Wildman–Crippen LogP) is 5.18. The van der Waals surface area contributed by atoms with Crippen molar-refractivity contribution < 1.29 is 14.6 Å². The van der Waals surface area contributed by atoms with Crippen LogP contribution >= 0.6 is 0 Å². The van der Waals surface area contributed by atoms with E-state index in [1.54, 1.807) is 4.57 Å². The van der Waals surface area contributed by atoms with Crippen molar-refractivity contribution in [2.75, 3.05) is 6.61 Å². The maximum atomic E-state index is 12.0. The fourth-order valence-corrected chi connectivity index (χ4v) is 2.92. The molecule has 6 nitrogen and oxygen atoms in total. The van der Waals surface area contributed by atoms with E-state index in [1.165, 1.54) is 5.56 Å². The molecule has 6 heteroatoms. The smallest absolute Gasteiger partial charge is 0.302 e. The van der Waals surface area contributed by atoms with Crippen LogP contribution in [-0.4, -0.2) is 22.2 Å². The molecule has 0 aliphatic rings. The number of hydrogen-bond donors (Lipinski definition) is 1. The number of aryl methyl sites for hydroxylation is 1. The molecule has 1 aromatic heterocycles. The molecule has 0 aliphatic heterocycles. The molecule has 0 aliphatic carbocycles. The van der Waals surface area contributed by atoms with E-state index in [2.05, 4.69) is 24.1 Å². The van der Waals surface area contributed by atoms with Gasteiger partial charge in [-0.1, -0.05) is 44.2 Å². The normalized spacial score (nSPS) is 11.6. The Labute approximate surface area is 158 Å². The minimum Gasteiger partial charge on any atom is -0.493 e. The largest absolute Gasteiger partial charge is 0.493 e. The number of carbonyl (C=O) groups excluding carboxylic acids is 1. The number of rotatable bonds is 6. The second kappa shape index (κ2) is 8.03. The number of aromatic nitrogens is 1. The number of aromatic hydroxyl groups is 1. The number of para-hydroxylation sites is 1. The van der Waals surface area contributed by atoms with Gasteiger partial charge in [-0.2, -0.15) is 0 Å². The zero-order valence-corrected chi connectivity index (χ0v) is 15.7. The molecule has 3 rings (SSSR count). The third kappa shape index (κ3) is 4.00. The van der Waals surface area contributed by atoms with E-state index in [4.69, 9.17) is 4.74 Å². The number of hydrogen-bond acceptors (Lipinski definition) is 4. The Morgan fingerprint density at radius 2 is 1.85 bits per heavy atom. The van der Waals surface area contributed by atoms with Crippen LogP contribution in [-0.2, 0) is 11.3 Å². The molecule has 0 atom stereocenters. The zero-order valence-electron chi connectivity index (χ0n) is 15.7. The molecule has 0 saturated carbocycles. The van der Waals surface area contributed by atoms with Gasteiger partial charge in [0.15, 0.2) is 12.3 Å². The molecule has 0 spiro atoms. The second-order valence-corrected chi connectivity index (χ2v) is 6.54. The van der Waals surface area contributed by atoms with Crippen LogP contribution in [0.1, 0.15) is 32.3 Å². The van der Waals surface area contributed by atoms with Gasteiger partial charge in [-0.15, -0.1) is 10.2 Å². The van der Waals surface area contributed by atoms with E-state index in [9.17, 15) is 9.90 Å². The number of benzene rings is 2. The number of carbonyl (C=O) groups is 1.